The van der Waals surface area contributed by atoms with Crippen LogP contribution < -0.4 is 11.0 Å². The largest absolute Gasteiger partial charge is 0.315 e. The van der Waals surface area contributed by atoms with Crippen molar-refractivity contribution in [3.63, 3.8) is 0 Å². The van der Waals surface area contributed by atoms with Crippen molar-refractivity contribution in [2.45, 2.75) is 26.3 Å². The third-order valence-corrected chi connectivity index (χ3v) is 3.52. The number of hydroxylamine groups is 1. The molecule has 1 amide bonds. The van der Waals surface area contributed by atoms with Crippen LogP contribution in [0.25, 0.3) is 6.08 Å². The average molecular weight is 312 g/mol. The lowest BCUT2D eigenvalue weighted by atomic mass is 10.1. The van der Waals surface area contributed by atoms with Crippen molar-refractivity contribution in [3.8, 4) is 0 Å². The van der Waals surface area contributed by atoms with E-state index in [-0.39, 0.29) is 5.56 Å². The molecule has 0 saturated carbocycles. The molecule has 0 saturated heterocycles. The molecule has 0 aliphatic heterocycles. The molecule has 2 N–H and O–H groups in total. The van der Waals surface area contributed by atoms with Gasteiger partial charge >= 0.3 is 0 Å². The summed E-state index contributed by atoms with van der Waals surface area (Å²) in [5.41, 5.74) is 4.24. The molecule has 0 fully saturated rings. The van der Waals surface area contributed by atoms with E-state index in [1.54, 1.807) is 22.9 Å². The number of aryl methyl sites for hydroxylation is 3. The Balaban J connectivity index is 2.02. The van der Waals surface area contributed by atoms with Crippen molar-refractivity contribution in [2.75, 3.05) is 0 Å². The zero-order valence-corrected chi connectivity index (χ0v) is 13.0. The van der Waals surface area contributed by atoms with Gasteiger partial charge in [-0.2, -0.15) is 0 Å². The highest BCUT2D eigenvalue weighted by Crippen LogP contribution is 2.07. The van der Waals surface area contributed by atoms with Crippen molar-refractivity contribution in [1.29, 1.82) is 0 Å². The Hall–Kier alpha value is -2.66. The van der Waals surface area contributed by atoms with E-state index in [1.807, 2.05) is 6.07 Å². The molecule has 1 aromatic heterocycles. The number of carbonyl (C=O) groups excluding carboxylic acids is 1. The van der Waals surface area contributed by atoms with Crippen LogP contribution >= 0.6 is 0 Å². The summed E-state index contributed by atoms with van der Waals surface area (Å²) in [6, 6.07) is 11.7. The molecule has 0 atom stereocenters. The summed E-state index contributed by atoms with van der Waals surface area (Å²) in [6.07, 6.45) is 6.01. The van der Waals surface area contributed by atoms with Crippen LogP contribution in [0.15, 0.2) is 53.5 Å². The van der Waals surface area contributed by atoms with Gasteiger partial charge < -0.3 is 4.57 Å². The van der Waals surface area contributed by atoms with E-state index in [0.29, 0.717) is 12.1 Å². The molecule has 0 aliphatic rings. The quantitative estimate of drug-likeness (QED) is 0.488. The molecule has 1 aromatic carbocycles. The number of hydrogen-bond acceptors (Lipinski definition) is 3. The summed E-state index contributed by atoms with van der Waals surface area (Å²) in [5.74, 6) is -0.667. The van der Waals surface area contributed by atoms with Crippen LogP contribution in [0.1, 0.15) is 23.1 Å². The number of nitrogens with zero attached hydrogens (tertiary/aromatic N) is 1. The Kier molecular flexibility index (Phi) is 5.88. The number of aromatic nitrogens is 1. The summed E-state index contributed by atoms with van der Waals surface area (Å²) in [4.78, 5) is 23.3. The Morgan fingerprint density at radius 3 is 2.87 bits per heavy atom. The number of amides is 1. The minimum atomic E-state index is -0.667. The zero-order chi connectivity index (χ0) is 16.7. The SMILES string of the molecule is Cc1cccc(CCCn2cccc(/C=C/C(=O)NO)c2=O)c1. The van der Waals surface area contributed by atoms with Crippen LogP contribution in [-0.2, 0) is 17.8 Å². The van der Waals surface area contributed by atoms with E-state index in [2.05, 4.69) is 25.1 Å². The van der Waals surface area contributed by atoms with Crippen LogP contribution in [0.2, 0.25) is 0 Å². The van der Waals surface area contributed by atoms with E-state index < -0.39 is 5.91 Å². The maximum Gasteiger partial charge on any atom is 0.267 e. The molecule has 5 heteroatoms. The van der Waals surface area contributed by atoms with Gasteiger partial charge in [-0.25, -0.2) is 5.48 Å². The Morgan fingerprint density at radius 2 is 2.13 bits per heavy atom. The van der Waals surface area contributed by atoms with Gasteiger partial charge in [-0.3, -0.25) is 14.8 Å². The Morgan fingerprint density at radius 1 is 1.30 bits per heavy atom. The Bertz CT molecular complexity index is 763. The predicted octanol–water partition coefficient (Wildman–Crippen LogP) is 2.31. The Labute approximate surface area is 134 Å². The standard InChI is InChI=1S/C18H20N2O3/c1-14-5-2-6-15(13-14)7-3-11-20-12-4-8-16(18(20)22)9-10-17(21)19-23/h2,4-6,8-10,12-13,23H,3,7,11H2,1H3,(H,19,21)/b10-9+. The molecule has 2 rings (SSSR count). The summed E-state index contributed by atoms with van der Waals surface area (Å²) >= 11 is 0. The van der Waals surface area contributed by atoms with Gasteiger partial charge in [0.05, 0.1) is 0 Å². The second kappa shape index (κ2) is 8.10. The van der Waals surface area contributed by atoms with E-state index in [4.69, 9.17) is 5.21 Å². The predicted molar refractivity (Wildman–Crippen MR) is 89.2 cm³/mol. The lowest BCUT2D eigenvalue weighted by molar-refractivity contribution is -0.124. The molecular weight excluding hydrogens is 292 g/mol. The maximum atomic E-state index is 12.3. The lowest BCUT2D eigenvalue weighted by Crippen LogP contribution is -2.22. The first kappa shape index (κ1) is 16.7. The van der Waals surface area contributed by atoms with Crippen molar-refractivity contribution in [2.24, 2.45) is 0 Å². The normalized spacial score (nSPS) is 10.9. The summed E-state index contributed by atoms with van der Waals surface area (Å²) < 4.78 is 1.63. The highest BCUT2D eigenvalue weighted by molar-refractivity contribution is 5.90. The van der Waals surface area contributed by atoms with Gasteiger partial charge in [0.15, 0.2) is 0 Å². The van der Waals surface area contributed by atoms with Crippen LogP contribution in [0.5, 0.6) is 0 Å². The van der Waals surface area contributed by atoms with Gasteiger partial charge in [0, 0.05) is 24.4 Å². The number of carbonyl (C=O) groups is 1. The molecule has 0 aliphatic carbocycles. The summed E-state index contributed by atoms with van der Waals surface area (Å²) in [6.45, 7) is 2.67. The first-order valence-electron chi connectivity index (χ1n) is 7.47. The summed E-state index contributed by atoms with van der Waals surface area (Å²) in [7, 11) is 0. The van der Waals surface area contributed by atoms with Gasteiger partial charge in [-0.15, -0.1) is 0 Å². The number of rotatable bonds is 6. The minimum absolute atomic E-state index is 0.154. The fourth-order valence-corrected chi connectivity index (χ4v) is 2.38. The highest BCUT2D eigenvalue weighted by Gasteiger charge is 2.02. The van der Waals surface area contributed by atoms with Crippen molar-refractivity contribution < 1.29 is 10.0 Å². The number of benzene rings is 1. The molecule has 5 nitrogen and oxygen atoms in total. The monoisotopic (exact) mass is 312 g/mol. The average Bonchev–Trinajstić information content (AvgIpc) is 2.55. The molecule has 0 bridgehead atoms. The zero-order valence-electron chi connectivity index (χ0n) is 13.0. The van der Waals surface area contributed by atoms with E-state index >= 15 is 0 Å². The molecule has 23 heavy (non-hydrogen) atoms. The van der Waals surface area contributed by atoms with E-state index in [9.17, 15) is 9.59 Å². The van der Waals surface area contributed by atoms with E-state index in [0.717, 1.165) is 18.9 Å². The first-order valence-corrected chi connectivity index (χ1v) is 7.47. The number of pyridine rings is 1. The van der Waals surface area contributed by atoms with Crippen LogP contribution in [0.4, 0.5) is 0 Å². The second-order valence-electron chi connectivity index (χ2n) is 5.36. The third kappa shape index (κ3) is 4.93. The molecule has 0 unspecified atom stereocenters. The molecular formula is C18H20N2O3. The van der Waals surface area contributed by atoms with E-state index in [1.165, 1.54) is 22.7 Å². The van der Waals surface area contributed by atoms with Gasteiger partial charge in [0.1, 0.15) is 0 Å². The van der Waals surface area contributed by atoms with Crippen LogP contribution in [0, 0.1) is 6.92 Å². The van der Waals surface area contributed by atoms with Crippen molar-refractivity contribution in [1.82, 2.24) is 10.0 Å². The number of nitrogens with one attached hydrogen (secondary N) is 1. The topological polar surface area (TPSA) is 71.3 Å². The fraction of sp³-hybridized carbons (Fsp3) is 0.222. The van der Waals surface area contributed by atoms with Gasteiger partial charge in [0.25, 0.3) is 11.5 Å². The number of hydrogen-bond donors (Lipinski definition) is 2. The molecule has 1 heterocycles. The van der Waals surface area contributed by atoms with Crippen molar-refractivity contribution in [3.05, 3.63) is 75.7 Å². The molecule has 120 valence electrons. The van der Waals surface area contributed by atoms with Gasteiger partial charge in [-0.05, 0) is 43.5 Å². The molecule has 0 spiro atoms. The van der Waals surface area contributed by atoms with Crippen molar-refractivity contribution >= 4 is 12.0 Å². The van der Waals surface area contributed by atoms with Crippen LogP contribution in [0.3, 0.4) is 0 Å². The van der Waals surface area contributed by atoms with Gasteiger partial charge in [-0.1, -0.05) is 29.8 Å². The highest BCUT2D eigenvalue weighted by atomic mass is 16.5. The first-order chi connectivity index (χ1) is 11.1. The lowest BCUT2D eigenvalue weighted by Gasteiger charge is -2.07. The second-order valence-corrected chi connectivity index (χ2v) is 5.36. The van der Waals surface area contributed by atoms with Gasteiger partial charge in [0.2, 0.25) is 0 Å². The minimum Gasteiger partial charge on any atom is -0.315 e. The van der Waals surface area contributed by atoms with Crippen LogP contribution in [-0.4, -0.2) is 15.7 Å². The fourth-order valence-electron chi connectivity index (χ4n) is 2.38. The maximum absolute atomic E-state index is 12.3. The molecule has 0 radical (unpaired) electrons. The summed E-state index contributed by atoms with van der Waals surface area (Å²) in [5, 5.41) is 8.45. The smallest absolute Gasteiger partial charge is 0.267 e. The molecule has 2 aromatic rings. The third-order valence-electron chi connectivity index (χ3n) is 3.52.